The Morgan fingerprint density at radius 2 is 1.78 bits per heavy atom. The average molecular weight is 305 g/mol. The number of aromatic nitrogens is 1. The Balaban J connectivity index is 2.03. The Bertz CT molecular complexity index is 796. The quantitative estimate of drug-likeness (QED) is 0.577. The van der Waals surface area contributed by atoms with Crippen molar-refractivity contribution in [2.75, 3.05) is 7.11 Å². The number of ether oxygens (including phenoxy) is 1. The minimum absolute atomic E-state index is 0.884. The summed E-state index contributed by atoms with van der Waals surface area (Å²) in [5.41, 5.74) is 4.95. The second-order valence-electron chi connectivity index (χ2n) is 5.72. The van der Waals surface area contributed by atoms with Crippen molar-refractivity contribution in [1.82, 2.24) is 4.98 Å². The number of rotatable bonds is 6. The summed E-state index contributed by atoms with van der Waals surface area (Å²) in [6, 6.07) is 16.8. The van der Waals surface area contributed by atoms with Crippen molar-refractivity contribution < 1.29 is 4.74 Å². The molecule has 2 aromatic carbocycles. The van der Waals surface area contributed by atoms with Gasteiger partial charge in [-0.3, -0.25) is 0 Å². The smallest absolute Gasteiger partial charge is 0.118 e. The van der Waals surface area contributed by atoms with E-state index in [9.17, 15) is 0 Å². The first-order valence-electron chi connectivity index (χ1n) is 8.22. The molecule has 0 fully saturated rings. The number of hydrogen-bond donors (Lipinski definition) is 1. The van der Waals surface area contributed by atoms with Gasteiger partial charge in [0.2, 0.25) is 0 Å². The molecule has 0 bridgehead atoms. The van der Waals surface area contributed by atoms with E-state index in [4.69, 9.17) is 4.74 Å². The van der Waals surface area contributed by atoms with Crippen LogP contribution in [0.15, 0.2) is 60.7 Å². The second kappa shape index (κ2) is 7.19. The van der Waals surface area contributed by atoms with Crippen molar-refractivity contribution >= 4 is 10.9 Å². The number of para-hydroxylation sites is 1. The molecule has 0 radical (unpaired) electrons. The molecular weight excluding hydrogens is 282 g/mol. The monoisotopic (exact) mass is 305 g/mol. The van der Waals surface area contributed by atoms with Gasteiger partial charge in [-0.25, -0.2) is 0 Å². The molecule has 1 aromatic heterocycles. The molecule has 2 nitrogen and oxygen atoms in total. The molecule has 0 saturated carbocycles. The minimum atomic E-state index is 0.884. The van der Waals surface area contributed by atoms with Gasteiger partial charge < -0.3 is 9.72 Å². The lowest BCUT2D eigenvalue weighted by Gasteiger charge is -2.05. The number of aromatic amines is 1. The van der Waals surface area contributed by atoms with E-state index in [2.05, 4.69) is 60.5 Å². The highest BCUT2D eigenvalue weighted by molar-refractivity contribution is 5.91. The Morgan fingerprint density at radius 1 is 1.00 bits per heavy atom. The fourth-order valence-electron chi connectivity index (χ4n) is 2.90. The lowest BCUT2D eigenvalue weighted by molar-refractivity contribution is 0.415. The third kappa shape index (κ3) is 3.31. The van der Waals surface area contributed by atoms with Gasteiger partial charge in [-0.2, -0.15) is 0 Å². The summed E-state index contributed by atoms with van der Waals surface area (Å²) in [5.74, 6) is 0.884. The number of fused-ring (bicyclic) bond motifs is 1. The zero-order valence-electron chi connectivity index (χ0n) is 13.8. The Kier molecular flexibility index (Phi) is 4.82. The molecule has 0 aliphatic rings. The molecule has 2 heteroatoms. The molecule has 0 aliphatic heterocycles. The number of H-pyrrole nitrogens is 1. The lowest BCUT2D eigenvalue weighted by Crippen LogP contribution is -1.87. The third-order valence-electron chi connectivity index (χ3n) is 4.14. The molecule has 1 N–H and O–H groups in total. The van der Waals surface area contributed by atoms with E-state index >= 15 is 0 Å². The van der Waals surface area contributed by atoms with Gasteiger partial charge in [0.25, 0.3) is 0 Å². The normalized spacial score (nSPS) is 11.4. The van der Waals surface area contributed by atoms with Gasteiger partial charge in [-0.1, -0.05) is 43.7 Å². The van der Waals surface area contributed by atoms with Crippen LogP contribution in [0.5, 0.6) is 5.75 Å². The summed E-state index contributed by atoms with van der Waals surface area (Å²) < 4.78 is 5.26. The van der Waals surface area contributed by atoms with E-state index in [1.54, 1.807) is 7.11 Å². The Labute approximate surface area is 137 Å². The Hall–Kier alpha value is -2.48. The highest BCUT2D eigenvalue weighted by atomic mass is 16.5. The van der Waals surface area contributed by atoms with Crippen molar-refractivity contribution in [2.24, 2.45) is 0 Å². The molecule has 0 unspecified atom stereocenters. The van der Waals surface area contributed by atoms with E-state index in [1.807, 2.05) is 12.1 Å². The van der Waals surface area contributed by atoms with Crippen LogP contribution in [-0.2, 0) is 6.42 Å². The highest BCUT2D eigenvalue weighted by Gasteiger charge is 2.11. The largest absolute Gasteiger partial charge is 0.497 e. The second-order valence-corrected chi connectivity index (χ2v) is 5.72. The van der Waals surface area contributed by atoms with Gasteiger partial charge >= 0.3 is 0 Å². The van der Waals surface area contributed by atoms with Crippen LogP contribution in [0.1, 0.15) is 25.3 Å². The molecule has 23 heavy (non-hydrogen) atoms. The van der Waals surface area contributed by atoms with Crippen LogP contribution < -0.4 is 4.74 Å². The summed E-state index contributed by atoms with van der Waals surface area (Å²) in [4.78, 5) is 3.58. The number of hydrogen-bond acceptors (Lipinski definition) is 1. The van der Waals surface area contributed by atoms with Crippen molar-refractivity contribution in [1.29, 1.82) is 0 Å². The summed E-state index contributed by atoms with van der Waals surface area (Å²) >= 11 is 0. The molecule has 1 heterocycles. The van der Waals surface area contributed by atoms with Crippen LogP contribution in [0.2, 0.25) is 0 Å². The number of nitrogens with one attached hydrogen (secondary N) is 1. The van der Waals surface area contributed by atoms with Crippen LogP contribution in [-0.4, -0.2) is 12.1 Å². The molecule has 0 aliphatic carbocycles. The summed E-state index contributed by atoms with van der Waals surface area (Å²) in [5, 5.41) is 1.31. The van der Waals surface area contributed by atoms with Gasteiger partial charge in [-0.05, 0) is 54.3 Å². The van der Waals surface area contributed by atoms with E-state index in [0.29, 0.717) is 0 Å². The van der Waals surface area contributed by atoms with Crippen molar-refractivity contribution in [3.63, 3.8) is 0 Å². The topological polar surface area (TPSA) is 25.0 Å². The minimum Gasteiger partial charge on any atom is -0.497 e. The molecule has 0 atom stereocenters. The zero-order valence-corrected chi connectivity index (χ0v) is 13.8. The van der Waals surface area contributed by atoms with Crippen LogP contribution in [0.25, 0.3) is 22.2 Å². The van der Waals surface area contributed by atoms with Gasteiger partial charge in [0, 0.05) is 10.9 Å². The van der Waals surface area contributed by atoms with Crippen molar-refractivity contribution in [2.45, 2.75) is 26.2 Å². The molecule has 0 saturated heterocycles. The predicted octanol–water partition coefficient (Wildman–Crippen LogP) is 5.74. The first kappa shape index (κ1) is 15.4. The van der Waals surface area contributed by atoms with Crippen LogP contribution in [0, 0.1) is 0 Å². The van der Waals surface area contributed by atoms with E-state index < -0.39 is 0 Å². The maximum atomic E-state index is 5.26. The van der Waals surface area contributed by atoms with Crippen molar-refractivity contribution in [3.8, 4) is 17.0 Å². The Morgan fingerprint density at radius 3 is 2.52 bits per heavy atom. The zero-order chi connectivity index (χ0) is 16.1. The van der Waals surface area contributed by atoms with E-state index in [-0.39, 0.29) is 0 Å². The first-order chi connectivity index (χ1) is 11.3. The fraction of sp³-hybridized carbons (Fsp3) is 0.238. The molecule has 3 aromatic rings. The number of unbranched alkanes of at least 4 members (excludes halogenated alkanes) is 1. The maximum absolute atomic E-state index is 5.26. The van der Waals surface area contributed by atoms with Gasteiger partial charge in [-0.15, -0.1) is 0 Å². The van der Waals surface area contributed by atoms with Gasteiger partial charge in [0.15, 0.2) is 0 Å². The van der Waals surface area contributed by atoms with Gasteiger partial charge in [0.05, 0.1) is 12.8 Å². The number of allylic oxidation sites excluding steroid dienone is 2. The van der Waals surface area contributed by atoms with E-state index in [0.717, 1.165) is 18.6 Å². The van der Waals surface area contributed by atoms with Crippen LogP contribution >= 0.6 is 0 Å². The molecule has 0 spiro atoms. The van der Waals surface area contributed by atoms with Gasteiger partial charge in [0.1, 0.15) is 5.75 Å². The maximum Gasteiger partial charge on any atom is 0.118 e. The van der Waals surface area contributed by atoms with Crippen LogP contribution in [0.3, 0.4) is 0 Å². The third-order valence-corrected chi connectivity index (χ3v) is 4.14. The molecule has 118 valence electrons. The summed E-state index contributed by atoms with van der Waals surface area (Å²) in [6.45, 7) is 2.21. The molecule has 0 amide bonds. The lowest BCUT2D eigenvalue weighted by atomic mass is 10.0. The molecule has 3 rings (SSSR count). The molecular formula is C21H23NO. The fourth-order valence-corrected chi connectivity index (χ4v) is 2.90. The van der Waals surface area contributed by atoms with Crippen LogP contribution in [0.4, 0.5) is 0 Å². The number of benzene rings is 2. The number of methoxy groups -OCH3 is 1. The summed E-state index contributed by atoms with van der Waals surface area (Å²) in [6.07, 6.45) is 7.84. The summed E-state index contributed by atoms with van der Waals surface area (Å²) in [7, 11) is 1.70. The SMILES string of the molecule is CCC/C=C/Cc1c(-c2ccc(OC)cc2)[nH]c2ccccc12. The van der Waals surface area contributed by atoms with Crippen molar-refractivity contribution in [3.05, 3.63) is 66.2 Å². The predicted molar refractivity (Wildman–Crippen MR) is 98.0 cm³/mol. The average Bonchev–Trinajstić information content (AvgIpc) is 2.97. The highest BCUT2D eigenvalue weighted by Crippen LogP contribution is 2.31. The first-order valence-corrected chi connectivity index (χ1v) is 8.22. The van der Waals surface area contributed by atoms with E-state index in [1.165, 1.54) is 34.1 Å². The standard InChI is InChI=1S/C21H23NO/c1-3-4-5-6-10-19-18-9-7-8-11-20(18)22-21(19)16-12-14-17(23-2)15-13-16/h5-9,11-15,22H,3-4,10H2,1-2H3/b6-5+.